The lowest BCUT2D eigenvalue weighted by atomic mass is 10.2. The highest BCUT2D eigenvalue weighted by molar-refractivity contribution is 7.99. The van der Waals surface area contributed by atoms with Gasteiger partial charge in [-0.25, -0.2) is 4.98 Å². The molecule has 1 aromatic carbocycles. The molecule has 0 saturated carbocycles. The van der Waals surface area contributed by atoms with Crippen molar-refractivity contribution in [3.63, 3.8) is 0 Å². The zero-order chi connectivity index (χ0) is 17.1. The molecule has 7 heteroatoms. The van der Waals surface area contributed by atoms with E-state index >= 15 is 0 Å². The minimum atomic E-state index is -0.0744. The van der Waals surface area contributed by atoms with E-state index in [1.807, 2.05) is 11.8 Å². The number of carbonyl (C=O) groups excluding carboxylic acids is 1. The Morgan fingerprint density at radius 1 is 1.33 bits per heavy atom. The SMILES string of the molecule is CCCn1c(SCC(=O)N2CCCC2)nc2cc(Cl)ccc2c1=O. The maximum absolute atomic E-state index is 12.7. The topological polar surface area (TPSA) is 55.2 Å². The average molecular weight is 366 g/mol. The fraction of sp³-hybridized carbons (Fsp3) is 0.471. The lowest BCUT2D eigenvalue weighted by Gasteiger charge is -2.16. The molecule has 1 fully saturated rings. The lowest BCUT2D eigenvalue weighted by molar-refractivity contribution is -0.127. The number of hydrogen-bond acceptors (Lipinski definition) is 4. The zero-order valence-electron chi connectivity index (χ0n) is 13.6. The first-order chi connectivity index (χ1) is 11.6. The lowest BCUT2D eigenvalue weighted by Crippen LogP contribution is -2.30. The summed E-state index contributed by atoms with van der Waals surface area (Å²) in [5.74, 6) is 0.420. The summed E-state index contributed by atoms with van der Waals surface area (Å²) in [5.41, 5.74) is 0.505. The maximum Gasteiger partial charge on any atom is 0.262 e. The van der Waals surface area contributed by atoms with Crippen LogP contribution in [0.3, 0.4) is 0 Å². The first-order valence-corrected chi connectivity index (χ1v) is 9.57. The number of rotatable bonds is 5. The molecule has 0 radical (unpaired) electrons. The zero-order valence-corrected chi connectivity index (χ0v) is 15.2. The van der Waals surface area contributed by atoms with Crippen LogP contribution in [0.5, 0.6) is 0 Å². The van der Waals surface area contributed by atoms with Gasteiger partial charge in [0, 0.05) is 24.7 Å². The minimum absolute atomic E-state index is 0.0744. The summed E-state index contributed by atoms with van der Waals surface area (Å²) < 4.78 is 1.66. The number of fused-ring (bicyclic) bond motifs is 1. The van der Waals surface area contributed by atoms with Crippen molar-refractivity contribution in [1.29, 1.82) is 0 Å². The Balaban J connectivity index is 1.91. The van der Waals surface area contributed by atoms with Gasteiger partial charge in [0.25, 0.3) is 5.56 Å². The minimum Gasteiger partial charge on any atom is -0.342 e. The monoisotopic (exact) mass is 365 g/mol. The molecule has 2 aromatic rings. The number of nitrogens with zero attached hydrogens (tertiary/aromatic N) is 3. The fourth-order valence-corrected chi connectivity index (χ4v) is 3.98. The standard InChI is InChI=1S/C17H20ClN3O2S/c1-2-7-21-16(23)13-6-5-12(18)10-14(13)19-17(21)24-11-15(22)20-8-3-4-9-20/h5-6,10H,2-4,7-9,11H2,1H3. The Kier molecular flexibility index (Phi) is 5.46. The van der Waals surface area contributed by atoms with Crippen LogP contribution in [0, 0.1) is 0 Å². The summed E-state index contributed by atoms with van der Waals surface area (Å²) in [5, 5.41) is 1.69. The number of likely N-dealkylation sites (tertiary alicyclic amines) is 1. The van der Waals surface area contributed by atoms with Gasteiger partial charge in [0.2, 0.25) is 5.91 Å². The van der Waals surface area contributed by atoms with Gasteiger partial charge >= 0.3 is 0 Å². The van der Waals surface area contributed by atoms with Crippen LogP contribution in [0.1, 0.15) is 26.2 Å². The van der Waals surface area contributed by atoms with Gasteiger partial charge in [-0.3, -0.25) is 14.2 Å². The van der Waals surface area contributed by atoms with Crippen LogP contribution < -0.4 is 5.56 Å². The van der Waals surface area contributed by atoms with E-state index in [4.69, 9.17) is 11.6 Å². The molecule has 2 heterocycles. The van der Waals surface area contributed by atoms with Gasteiger partial charge in [-0.15, -0.1) is 0 Å². The molecular formula is C17H20ClN3O2S. The molecule has 128 valence electrons. The van der Waals surface area contributed by atoms with Crippen LogP contribution in [0.2, 0.25) is 5.02 Å². The third kappa shape index (κ3) is 3.59. The second kappa shape index (κ2) is 7.57. The van der Waals surface area contributed by atoms with Crippen LogP contribution in [-0.2, 0) is 11.3 Å². The Morgan fingerprint density at radius 3 is 2.79 bits per heavy atom. The summed E-state index contributed by atoms with van der Waals surface area (Å²) in [7, 11) is 0. The average Bonchev–Trinajstić information content (AvgIpc) is 3.10. The molecule has 0 atom stereocenters. The Bertz CT molecular complexity index is 815. The Labute approximate surface area is 150 Å². The predicted octanol–water partition coefficient (Wildman–Crippen LogP) is 3.17. The number of aromatic nitrogens is 2. The van der Waals surface area contributed by atoms with Crippen molar-refractivity contribution in [2.45, 2.75) is 37.9 Å². The number of halogens is 1. The number of benzene rings is 1. The molecule has 1 aliphatic heterocycles. The van der Waals surface area contributed by atoms with Gasteiger partial charge in [0.1, 0.15) is 0 Å². The van der Waals surface area contributed by atoms with Crippen LogP contribution in [0.15, 0.2) is 28.2 Å². The largest absolute Gasteiger partial charge is 0.342 e. The normalized spacial score (nSPS) is 14.5. The Morgan fingerprint density at radius 2 is 2.08 bits per heavy atom. The molecule has 0 N–H and O–H groups in total. The molecule has 1 saturated heterocycles. The quantitative estimate of drug-likeness (QED) is 0.603. The van der Waals surface area contributed by atoms with E-state index < -0.39 is 0 Å². The van der Waals surface area contributed by atoms with Gasteiger partial charge in [-0.2, -0.15) is 0 Å². The number of thioether (sulfide) groups is 1. The number of amides is 1. The number of hydrogen-bond donors (Lipinski definition) is 0. The van der Waals surface area contributed by atoms with E-state index in [1.165, 1.54) is 11.8 Å². The van der Waals surface area contributed by atoms with Crippen LogP contribution in [0.4, 0.5) is 0 Å². The van der Waals surface area contributed by atoms with Crippen molar-refractivity contribution in [2.75, 3.05) is 18.8 Å². The predicted molar refractivity (Wildman–Crippen MR) is 97.8 cm³/mol. The van der Waals surface area contributed by atoms with E-state index in [9.17, 15) is 9.59 Å². The summed E-state index contributed by atoms with van der Waals surface area (Å²) in [6.07, 6.45) is 2.97. The second-order valence-corrected chi connectivity index (χ2v) is 7.27. The first-order valence-electron chi connectivity index (χ1n) is 8.21. The molecule has 0 unspecified atom stereocenters. The van der Waals surface area contributed by atoms with Gasteiger partial charge in [0.15, 0.2) is 5.16 Å². The molecule has 24 heavy (non-hydrogen) atoms. The highest BCUT2D eigenvalue weighted by Gasteiger charge is 2.19. The summed E-state index contributed by atoms with van der Waals surface area (Å²) in [6.45, 7) is 4.27. The smallest absolute Gasteiger partial charge is 0.262 e. The van der Waals surface area contributed by atoms with E-state index in [-0.39, 0.29) is 11.5 Å². The molecular weight excluding hydrogens is 346 g/mol. The highest BCUT2D eigenvalue weighted by Crippen LogP contribution is 2.21. The molecule has 5 nitrogen and oxygen atoms in total. The third-order valence-corrected chi connectivity index (χ3v) is 5.31. The first kappa shape index (κ1) is 17.3. The van der Waals surface area contributed by atoms with E-state index in [0.717, 1.165) is 32.4 Å². The van der Waals surface area contributed by atoms with Crippen molar-refractivity contribution in [3.05, 3.63) is 33.6 Å². The van der Waals surface area contributed by atoms with Crippen LogP contribution in [-0.4, -0.2) is 39.2 Å². The highest BCUT2D eigenvalue weighted by atomic mass is 35.5. The molecule has 1 aliphatic rings. The van der Waals surface area contributed by atoms with Crippen molar-refractivity contribution in [2.24, 2.45) is 0 Å². The maximum atomic E-state index is 12.7. The van der Waals surface area contributed by atoms with E-state index in [1.54, 1.807) is 22.8 Å². The summed E-state index contributed by atoms with van der Waals surface area (Å²) in [4.78, 5) is 31.4. The third-order valence-electron chi connectivity index (χ3n) is 4.11. The van der Waals surface area contributed by atoms with E-state index in [0.29, 0.717) is 33.4 Å². The molecule has 1 amide bonds. The molecule has 0 aliphatic carbocycles. The van der Waals surface area contributed by atoms with Crippen LogP contribution in [0.25, 0.3) is 10.9 Å². The Hall–Kier alpha value is -1.53. The van der Waals surface area contributed by atoms with Gasteiger partial charge in [-0.1, -0.05) is 30.3 Å². The number of carbonyl (C=O) groups is 1. The van der Waals surface area contributed by atoms with Crippen molar-refractivity contribution < 1.29 is 4.79 Å². The van der Waals surface area contributed by atoms with Crippen molar-refractivity contribution in [1.82, 2.24) is 14.5 Å². The van der Waals surface area contributed by atoms with Gasteiger partial charge in [0.05, 0.1) is 16.7 Å². The van der Waals surface area contributed by atoms with Crippen molar-refractivity contribution in [3.8, 4) is 0 Å². The molecule has 0 bridgehead atoms. The van der Waals surface area contributed by atoms with E-state index in [2.05, 4.69) is 4.98 Å². The fourth-order valence-electron chi connectivity index (χ4n) is 2.89. The molecule has 1 aromatic heterocycles. The summed E-state index contributed by atoms with van der Waals surface area (Å²) in [6, 6.07) is 5.11. The summed E-state index contributed by atoms with van der Waals surface area (Å²) >= 11 is 7.36. The van der Waals surface area contributed by atoms with Gasteiger partial charge in [-0.05, 0) is 37.5 Å². The molecule has 0 spiro atoms. The van der Waals surface area contributed by atoms with Crippen molar-refractivity contribution >= 4 is 40.2 Å². The van der Waals surface area contributed by atoms with Gasteiger partial charge < -0.3 is 4.90 Å². The molecule has 3 rings (SSSR count). The second-order valence-electron chi connectivity index (χ2n) is 5.89. The van der Waals surface area contributed by atoms with Crippen LogP contribution >= 0.6 is 23.4 Å².